The van der Waals surface area contributed by atoms with E-state index in [0.29, 0.717) is 11.4 Å². The van der Waals surface area contributed by atoms with Gasteiger partial charge in [0.15, 0.2) is 4.96 Å². The molecule has 1 amide bonds. The molecule has 0 saturated heterocycles. The van der Waals surface area contributed by atoms with Crippen molar-refractivity contribution in [3.63, 3.8) is 0 Å². The van der Waals surface area contributed by atoms with Gasteiger partial charge in [0.2, 0.25) is 0 Å². The normalized spacial score (nSPS) is 12.5. The second-order valence-electron chi connectivity index (χ2n) is 5.13. The first-order valence-electron chi connectivity index (χ1n) is 6.85. The van der Waals surface area contributed by atoms with Crippen LogP contribution in [0.2, 0.25) is 0 Å². The van der Waals surface area contributed by atoms with Crippen LogP contribution < -0.4 is 10.9 Å². The van der Waals surface area contributed by atoms with Crippen LogP contribution in [0.3, 0.4) is 0 Å². The Labute approximate surface area is 130 Å². The van der Waals surface area contributed by atoms with E-state index in [4.69, 9.17) is 4.42 Å². The summed E-state index contributed by atoms with van der Waals surface area (Å²) in [7, 11) is 0. The number of hydrogen-bond acceptors (Lipinski definition) is 5. The molecule has 0 aromatic carbocycles. The number of furan rings is 1. The fourth-order valence-electron chi connectivity index (χ4n) is 2.26. The smallest absolute Gasteiger partial charge is 0.271 e. The second kappa shape index (κ2) is 5.76. The van der Waals surface area contributed by atoms with Gasteiger partial charge in [0.25, 0.3) is 11.5 Å². The minimum atomic E-state index is -0.420. The molecular formula is C15H15N3O3S. The maximum atomic E-state index is 12.4. The summed E-state index contributed by atoms with van der Waals surface area (Å²) in [5.74, 6) is 0.364. The fourth-order valence-corrected chi connectivity index (χ4v) is 3.09. The third kappa shape index (κ3) is 2.67. The molecule has 0 unspecified atom stereocenters. The van der Waals surface area contributed by atoms with Crippen LogP contribution in [0.5, 0.6) is 0 Å². The largest absolute Gasteiger partial charge is 0.469 e. The number of fused-ring (bicyclic) bond motifs is 1. The van der Waals surface area contributed by atoms with Gasteiger partial charge in [-0.15, -0.1) is 11.3 Å². The zero-order chi connectivity index (χ0) is 15.7. The molecule has 6 nitrogen and oxygen atoms in total. The molecule has 0 aliphatic heterocycles. The second-order valence-corrected chi connectivity index (χ2v) is 5.97. The quantitative estimate of drug-likeness (QED) is 0.798. The Kier molecular flexibility index (Phi) is 3.81. The molecule has 3 heterocycles. The van der Waals surface area contributed by atoms with Gasteiger partial charge in [-0.1, -0.05) is 0 Å². The standard InChI is InChI=1S/C15H15N3O3S/c1-9(6-11-4-3-5-21-11)17-13(19)12-7-16-15-18(14(12)20)10(2)8-22-15/h3-5,7-9H,6H2,1-2H3,(H,17,19)/t9-/m1/s1. The molecule has 1 atom stereocenters. The molecule has 3 aromatic heterocycles. The minimum Gasteiger partial charge on any atom is -0.469 e. The number of aryl methyl sites for hydroxylation is 1. The number of carbonyl (C=O) groups is 1. The molecule has 0 fully saturated rings. The molecule has 0 saturated carbocycles. The van der Waals surface area contributed by atoms with E-state index in [2.05, 4.69) is 10.3 Å². The van der Waals surface area contributed by atoms with Crippen molar-refractivity contribution in [1.82, 2.24) is 14.7 Å². The molecule has 0 aliphatic carbocycles. The van der Waals surface area contributed by atoms with E-state index in [0.717, 1.165) is 11.5 Å². The van der Waals surface area contributed by atoms with E-state index >= 15 is 0 Å². The van der Waals surface area contributed by atoms with Crippen LogP contribution in [-0.2, 0) is 6.42 Å². The lowest BCUT2D eigenvalue weighted by Crippen LogP contribution is -2.37. The number of hydrogen-bond donors (Lipinski definition) is 1. The minimum absolute atomic E-state index is 0.0466. The summed E-state index contributed by atoms with van der Waals surface area (Å²) in [5, 5.41) is 4.64. The predicted molar refractivity (Wildman–Crippen MR) is 83.4 cm³/mol. The first-order valence-corrected chi connectivity index (χ1v) is 7.73. The van der Waals surface area contributed by atoms with E-state index in [1.54, 1.807) is 12.3 Å². The highest BCUT2D eigenvalue weighted by Crippen LogP contribution is 2.11. The molecular weight excluding hydrogens is 302 g/mol. The monoisotopic (exact) mass is 317 g/mol. The number of thiazole rings is 1. The molecule has 22 heavy (non-hydrogen) atoms. The number of rotatable bonds is 4. The highest BCUT2D eigenvalue weighted by atomic mass is 32.1. The lowest BCUT2D eigenvalue weighted by molar-refractivity contribution is 0.0937. The van der Waals surface area contributed by atoms with Gasteiger partial charge in [-0.3, -0.25) is 14.0 Å². The van der Waals surface area contributed by atoms with Gasteiger partial charge < -0.3 is 9.73 Å². The van der Waals surface area contributed by atoms with Crippen molar-refractivity contribution in [3.05, 3.63) is 57.3 Å². The number of nitrogens with one attached hydrogen (secondary N) is 1. The highest BCUT2D eigenvalue weighted by molar-refractivity contribution is 7.15. The van der Waals surface area contributed by atoms with Gasteiger partial charge in [-0.25, -0.2) is 4.98 Å². The first kappa shape index (κ1) is 14.5. The summed E-state index contributed by atoms with van der Waals surface area (Å²) in [6.07, 6.45) is 3.49. The van der Waals surface area contributed by atoms with Crippen LogP contribution in [-0.4, -0.2) is 21.3 Å². The summed E-state index contributed by atoms with van der Waals surface area (Å²) in [4.78, 5) is 29.4. The van der Waals surface area contributed by atoms with E-state index in [-0.39, 0.29) is 17.2 Å². The van der Waals surface area contributed by atoms with Crippen molar-refractivity contribution in [2.75, 3.05) is 0 Å². The summed E-state index contributed by atoms with van der Waals surface area (Å²) < 4.78 is 6.71. The summed E-state index contributed by atoms with van der Waals surface area (Å²) in [6, 6.07) is 3.50. The van der Waals surface area contributed by atoms with Crippen LogP contribution in [0.25, 0.3) is 4.96 Å². The molecule has 0 bridgehead atoms. The van der Waals surface area contributed by atoms with Crippen molar-refractivity contribution in [1.29, 1.82) is 0 Å². The van der Waals surface area contributed by atoms with Gasteiger partial charge >= 0.3 is 0 Å². The van der Waals surface area contributed by atoms with Gasteiger partial charge in [0.1, 0.15) is 11.3 Å². The molecule has 114 valence electrons. The zero-order valence-electron chi connectivity index (χ0n) is 12.2. The summed E-state index contributed by atoms with van der Waals surface area (Å²) >= 11 is 1.37. The van der Waals surface area contributed by atoms with Gasteiger partial charge in [0.05, 0.1) is 6.26 Å². The summed E-state index contributed by atoms with van der Waals surface area (Å²) in [6.45, 7) is 3.67. The Morgan fingerprint density at radius 1 is 1.55 bits per heavy atom. The molecule has 3 aromatic rings. The van der Waals surface area contributed by atoms with Crippen LogP contribution in [0, 0.1) is 6.92 Å². The van der Waals surface area contributed by atoms with E-state index < -0.39 is 5.91 Å². The molecule has 0 radical (unpaired) electrons. The van der Waals surface area contributed by atoms with Crippen molar-refractivity contribution in [3.8, 4) is 0 Å². The number of amides is 1. The Morgan fingerprint density at radius 2 is 2.36 bits per heavy atom. The van der Waals surface area contributed by atoms with E-state index in [1.807, 2.05) is 25.3 Å². The average molecular weight is 317 g/mol. The van der Waals surface area contributed by atoms with Gasteiger partial charge in [0, 0.05) is 29.7 Å². The Morgan fingerprint density at radius 3 is 3.09 bits per heavy atom. The maximum absolute atomic E-state index is 12.4. The van der Waals surface area contributed by atoms with Crippen LogP contribution in [0.15, 0.2) is 39.2 Å². The fraction of sp³-hybridized carbons (Fsp3) is 0.267. The molecule has 0 aliphatic rings. The molecule has 7 heteroatoms. The third-order valence-corrected chi connectivity index (χ3v) is 4.28. The van der Waals surface area contributed by atoms with Gasteiger partial charge in [-0.2, -0.15) is 0 Å². The molecule has 3 rings (SSSR count). The van der Waals surface area contributed by atoms with Crippen molar-refractivity contribution in [2.45, 2.75) is 26.3 Å². The lowest BCUT2D eigenvalue weighted by Gasteiger charge is -2.12. The number of carbonyl (C=O) groups excluding carboxylic acids is 1. The zero-order valence-corrected chi connectivity index (χ0v) is 13.0. The SMILES string of the molecule is Cc1csc2ncc(C(=O)N[C@H](C)Cc3ccco3)c(=O)n12. The lowest BCUT2D eigenvalue weighted by atomic mass is 10.2. The average Bonchev–Trinajstić information content (AvgIpc) is 3.09. The van der Waals surface area contributed by atoms with E-state index in [1.165, 1.54) is 21.9 Å². The number of nitrogens with zero attached hydrogens (tertiary/aromatic N) is 2. The van der Waals surface area contributed by atoms with Gasteiger partial charge in [-0.05, 0) is 26.0 Å². The highest BCUT2D eigenvalue weighted by Gasteiger charge is 2.17. The molecule has 0 spiro atoms. The molecule has 1 N–H and O–H groups in total. The van der Waals surface area contributed by atoms with Crippen LogP contribution >= 0.6 is 11.3 Å². The third-order valence-electron chi connectivity index (χ3n) is 3.33. The Bertz CT molecular complexity index is 864. The number of aromatic nitrogens is 2. The van der Waals surface area contributed by atoms with Crippen LogP contribution in [0.4, 0.5) is 0 Å². The van der Waals surface area contributed by atoms with Crippen LogP contribution in [0.1, 0.15) is 28.7 Å². The summed E-state index contributed by atoms with van der Waals surface area (Å²) in [5.41, 5.74) is 0.479. The van der Waals surface area contributed by atoms with Crippen molar-refractivity contribution >= 4 is 22.2 Å². The van der Waals surface area contributed by atoms with Crippen molar-refractivity contribution in [2.24, 2.45) is 0 Å². The van der Waals surface area contributed by atoms with E-state index in [9.17, 15) is 9.59 Å². The predicted octanol–water partition coefficient (Wildman–Crippen LogP) is 2.02. The maximum Gasteiger partial charge on any atom is 0.271 e. The first-order chi connectivity index (χ1) is 10.6. The topological polar surface area (TPSA) is 76.6 Å². The Hall–Kier alpha value is -2.41. The Balaban J connectivity index is 1.81. The van der Waals surface area contributed by atoms with Crippen molar-refractivity contribution < 1.29 is 9.21 Å².